The molecule has 4 nitrogen and oxygen atoms in total. The lowest BCUT2D eigenvalue weighted by molar-refractivity contribution is -0.134. The Bertz CT molecular complexity index is 363. The molecule has 0 heterocycles. The minimum Gasteiger partial charge on any atom is -0.492 e. The number of halogens is 1. The van der Waals surface area contributed by atoms with Crippen LogP contribution in [0.15, 0.2) is 30.3 Å². The molecule has 0 atom stereocenters. The van der Waals surface area contributed by atoms with E-state index in [1.165, 1.54) is 13.2 Å². The molecule has 0 amide bonds. The number of rotatable bonds is 5. The standard InChI is InChI=1S/C12H15NO3.ClH/c1-15-12(14)7-4-10-2-5-11(6-3-10)16-9-8-13;/h2-7H,8-9,13H2,1H3;1H/b7-4+;. The first-order valence-corrected chi connectivity index (χ1v) is 4.95. The van der Waals surface area contributed by atoms with Gasteiger partial charge in [-0.3, -0.25) is 0 Å². The van der Waals surface area contributed by atoms with Gasteiger partial charge in [-0.25, -0.2) is 4.79 Å². The summed E-state index contributed by atoms with van der Waals surface area (Å²) in [7, 11) is 1.34. The van der Waals surface area contributed by atoms with Gasteiger partial charge in [-0.1, -0.05) is 12.1 Å². The van der Waals surface area contributed by atoms with Gasteiger partial charge >= 0.3 is 5.97 Å². The monoisotopic (exact) mass is 257 g/mol. The van der Waals surface area contributed by atoms with E-state index in [2.05, 4.69) is 4.74 Å². The van der Waals surface area contributed by atoms with Crippen LogP contribution in [0.1, 0.15) is 5.56 Å². The number of carbonyl (C=O) groups excluding carboxylic acids is 1. The van der Waals surface area contributed by atoms with Gasteiger partial charge in [-0.2, -0.15) is 0 Å². The maximum absolute atomic E-state index is 10.8. The largest absolute Gasteiger partial charge is 0.492 e. The number of nitrogens with two attached hydrogens (primary N) is 1. The van der Waals surface area contributed by atoms with Crippen molar-refractivity contribution in [1.29, 1.82) is 0 Å². The van der Waals surface area contributed by atoms with Crippen LogP contribution in [0.3, 0.4) is 0 Å². The third kappa shape index (κ3) is 5.94. The smallest absolute Gasteiger partial charge is 0.330 e. The van der Waals surface area contributed by atoms with E-state index in [1.54, 1.807) is 6.08 Å². The van der Waals surface area contributed by atoms with Crippen LogP contribution in [0.2, 0.25) is 0 Å². The van der Waals surface area contributed by atoms with Crippen LogP contribution in [0.25, 0.3) is 6.08 Å². The molecule has 1 aromatic carbocycles. The molecule has 0 radical (unpaired) electrons. The quantitative estimate of drug-likeness (QED) is 0.643. The summed E-state index contributed by atoms with van der Waals surface area (Å²) in [5, 5.41) is 0. The Kier molecular flexibility index (Phi) is 7.84. The van der Waals surface area contributed by atoms with E-state index < -0.39 is 0 Å². The maximum atomic E-state index is 10.8. The molecule has 94 valence electrons. The van der Waals surface area contributed by atoms with Gasteiger partial charge < -0.3 is 15.2 Å². The summed E-state index contributed by atoms with van der Waals surface area (Å²) in [5.74, 6) is 0.393. The zero-order chi connectivity index (χ0) is 11.8. The highest BCUT2D eigenvalue weighted by Gasteiger charge is 1.94. The molecule has 17 heavy (non-hydrogen) atoms. The molecule has 0 aliphatic rings. The van der Waals surface area contributed by atoms with Crippen molar-refractivity contribution in [3.05, 3.63) is 35.9 Å². The molecular formula is C12H16ClNO3. The van der Waals surface area contributed by atoms with E-state index in [-0.39, 0.29) is 18.4 Å². The lowest BCUT2D eigenvalue weighted by atomic mass is 10.2. The van der Waals surface area contributed by atoms with Crippen molar-refractivity contribution in [2.45, 2.75) is 0 Å². The van der Waals surface area contributed by atoms with Gasteiger partial charge in [0.15, 0.2) is 0 Å². The van der Waals surface area contributed by atoms with Crippen molar-refractivity contribution in [3.8, 4) is 5.75 Å². The number of carbonyl (C=O) groups is 1. The number of hydrogen-bond donors (Lipinski definition) is 1. The van der Waals surface area contributed by atoms with Crippen LogP contribution in [-0.4, -0.2) is 26.2 Å². The number of esters is 1. The Morgan fingerprint density at radius 1 is 1.35 bits per heavy atom. The van der Waals surface area contributed by atoms with Crippen LogP contribution >= 0.6 is 12.4 Å². The van der Waals surface area contributed by atoms with Gasteiger partial charge in [0.25, 0.3) is 0 Å². The number of methoxy groups -OCH3 is 1. The van der Waals surface area contributed by atoms with E-state index in [0.717, 1.165) is 11.3 Å². The lowest BCUT2D eigenvalue weighted by Crippen LogP contribution is -2.10. The molecule has 0 bridgehead atoms. The predicted octanol–water partition coefficient (Wildman–Crippen LogP) is 1.63. The van der Waals surface area contributed by atoms with Crippen LogP contribution in [0.5, 0.6) is 5.75 Å². The summed E-state index contributed by atoms with van der Waals surface area (Å²) in [6.45, 7) is 0.987. The van der Waals surface area contributed by atoms with E-state index in [9.17, 15) is 4.79 Å². The molecule has 0 aromatic heterocycles. The second-order valence-corrected chi connectivity index (χ2v) is 3.06. The van der Waals surface area contributed by atoms with Crippen LogP contribution < -0.4 is 10.5 Å². The molecule has 0 aliphatic heterocycles. The normalized spacial score (nSPS) is 9.76. The van der Waals surface area contributed by atoms with Crippen molar-refractivity contribution in [2.75, 3.05) is 20.3 Å². The lowest BCUT2D eigenvalue weighted by Gasteiger charge is -2.03. The number of hydrogen-bond acceptors (Lipinski definition) is 4. The third-order valence-corrected chi connectivity index (χ3v) is 1.88. The van der Waals surface area contributed by atoms with Crippen molar-refractivity contribution in [3.63, 3.8) is 0 Å². The first-order valence-electron chi connectivity index (χ1n) is 4.95. The van der Waals surface area contributed by atoms with Crippen molar-refractivity contribution >= 4 is 24.5 Å². The van der Waals surface area contributed by atoms with Crippen LogP contribution in [-0.2, 0) is 9.53 Å². The topological polar surface area (TPSA) is 61.5 Å². The zero-order valence-electron chi connectivity index (χ0n) is 9.59. The van der Waals surface area contributed by atoms with E-state index in [4.69, 9.17) is 10.5 Å². The van der Waals surface area contributed by atoms with Gasteiger partial charge in [-0.05, 0) is 23.8 Å². The highest BCUT2D eigenvalue weighted by molar-refractivity contribution is 5.86. The summed E-state index contributed by atoms with van der Waals surface area (Å²) in [6, 6.07) is 7.36. The molecule has 2 N–H and O–H groups in total. The maximum Gasteiger partial charge on any atom is 0.330 e. The minimum atomic E-state index is -0.372. The van der Waals surface area contributed by atoms with Gasteiger partial charge in [0.2, 0.25) is 0 Å². The molecular weight excluding hydrogens is 242 g/mol. The minimum absolute atomic E-state index is 0. The Balaban J connectivity index is 0.00000256. The number of ether oxygens (including phenoxy) is 2. The van der Waals surface area contributed by atoms with Gasteiger partial charge in [0.05, 0.1) is 7.11 Å². The molecule has 0 unspecified atom stereocenters. The third-order valence-electron chi connectivity index (χ3n) is 1.88. The molecule has 0 aliphatic carbocycles. The zero-order valence-corrected chi connectivity index (χ0v) is 10.4. The highest BCUT2D eigenvalue weighted by atomic mass is 35.5. The van der Waals surface area contributed by atoms with E-state index >= 15 is 0 Å². The predicted molar refractivity (Wildman–Crippen MR) is 69.3 cm³/mol. The van der Waals surface area contributed by atoms with Crippen LogP contribution in [0.4, 0.5) is 0 Å². The van der Waals surface area contributed by atoms with Crippen LogP contribution in [0, 0.1) is 0 Å². The van der Waals surface area contributed by atoms with E-state index in [0.29, 0.717) is 13.2 Å². The van der Waals surface area contributed by atoms with Gasteiger partial charge in [0.1, 0.15) is 12.4 Å². The first-order chi connectivity index (χ1) is 7.76. The summed E-state index contributed by atoms with van der Waals surface area (Å²) in [6.07, 6.45) is 3.05. The van der Waals surface area contributed by atoms with E-state index in [1.807, 2.05) is 24.3 Å². The fourth-order valence-electron chi connectivity index (χ4n) is 1.08. The molecule has 5 heteroatoms. The summed E-state index contributed by atoms with van der Waals surface area (Å²) < 4.78 is 9.80. The van der Waals surface area contributed by atoms with Crippen molar-refractivity contribution in [1.82, 2.24) is 0 Å². The molecule has 0 saturated heterocycles. The second-order valence-electron chi connectivity index (χ2n) is 3.06. The van der Waals surface area contributed by atoms with Gasteiger partial charge in [0, 0.05) is 12.6 Å². The Morgan fingerprint density at radius 2 is 2.00 bits per heavy atom. The molecule has 1 aromatic rings. The second kappa shape index (κ2) is 8.61. The molecule has 0 fully saturated rings. The summed E-state index contributed by atoms with van der Waals surface area (Å²) in [5.41, 5.74) is 6.22. The van der Waals surface area contributed by atoms with Crippen molar-refractivity contribution < 1.29 is 14.3 Å². The first kappa shape index (κ1) is 15.5. The number of benzene rings is 1. The average molecular weight is 258 g/mol. The highest BCUT2D eigenvalue weighted by Crippen LogP contribution is 2.12. The molecule has 1 rings (SSSR count). The molecule has 0 spiro atoms. The van der Waals surface area contributed by atoms with Gasteiger partial charge in [-0.15, -0.1) is 12.4 Å². The summed E-state index contributed by atoms with van der Waals surface area (Å²) in [4.78, 5) is 10.8. The average Bonchev–Trinajstić information content (AvgIpc) is 2.34. The molecule has 0 saturated carbocycles. The fourth-order valence-corrected chi connectivity index (χ4v) is 1.08. The SMILES string of the molecule is COC(=O)/C=C/c1ccc(OCCN)cc1.Cl. The Morgan fingerprint density at radius 3 is 2.53 bits per heavy atom. The Labute approximate surface area is 107 Å². The summed E-state index contributed by atoms with van der Waals surface area (Å²) >= 11 is 0. The fraction of sp³-hybridized carbons (Fsp3) is 0.250. The Hall–Kier alpha value is -1.52. The van der Waals surface area contributed by atoms with Crippen molar-refractivity contribution in [2.24, 2.45) is 5.73 Å².